The highest BCUT2D eigenvalue weighted by Gasteiger charge is 2.33. The lowest BCUT2D eigenvalue weighted by molar-refractivity contribution is 0.0172. The summed E-state index contributed by atoms with van der Waals surface area (Å²) in [7, 11) is 0. The van der Waals surface area contributed by atoms with Gasteiger partial charge in [-0.15, -0.1) is 0 Å². The van der Waals surface area contributed by atoms with E-state index in [1.807, 2.05) is 16.9 Å². The van der Waals surface area contributed by atoms with E-state index in [0.717, 1.165) is 19.3 Å². The predicted octanol–water partition coefficient (Wildman–Crippen LogP) is 3.33. The van der Waals surface area contributed by atoms with Gasteiger partial charge in [0.25, 0.3) is 0 Å². The molecule has 2 aromatic rings. The molecule has 0 aliphatic heterocycles. The molecular weight excluding hydrogens is 294 g/mol. The Balaban J connectivity index is 1.70. The van der Waals surface area contributed by atoms with Crippen LogP contribution in [0, 0.1) is 12.8 Å². The van der Waals surface area contributed by atoms with E-state index in [1.54, 1.807) is 13.1 Å². The Morgan fingerprint density at radius 1 is 1.48 bits per heavy atom. The molecule has 124 valence electrons. The molecule has 0 unspecified atom stereocenters. The molecule has 6 heteroatoms. The highest BCUT2D eigenvalue weighted by molar-refractivity contribution is 5.87. The molecule has 0 N–H and O–H groups in total. The van der Waals surface area contributed by atoms with E-state index in [0.29, 0.717) is 23.9 Å². The first kappa shape index (κ1) is 15.8. The normalized spacial score (nSPS) is 21.0. The maximum Gasteiger partial charge on any atom is 0.376 e. The van der Waals surface area contributed by atoms with Crippen LogP contribution in [0.5, 0.6) is 0 Å². The van der Waals surface area contributed by atoms with Gasteiger partial charge in [-0.2, -0.15) is 5.10 Å². The van der Waals surface area contributed by atoms with Crippen LogP contribution in [0.3, 0.4) is 0 Å². The summed E-state index contributed by atoms with van der Waals surface area (Å²) < 4.78 is 13.2. The molecule has 1 aliphatic rings. The van der Waals surface area contributed by atoms with E-state index in [4.69, 9.17) is 9.15 Å². The van der Waals surface area contributed by atoms with Crippen LogP contribution in [0.4, 0.5) is 0 Å². The second-order valence-corrected chi connectivity index (χ2v) is 6.55. The van der Waals surface area contributed by atoms with Gasteiger partial charge in [-0.1, -0.05) is 13.8 Å². The lowest BCUT2D eigenvalue weighted by atomic mass is 10.1. The first-order valence-corrected chi connectivity index (χ1v) is 8.21. The van der Waals surface area contributed by atoms with Crippen LogP contribution in [0.2, 0.25) is 0 Å². The molecule has 0 saturated heterocycles. The number of hydrogen-bond donors (Lipinski definition) is 0. The topological polar surface area (TPSA) is 70.2 Å². The summed E-state index contributed by atoms with van der Waals surface area (Å²) in [4.78, 5) is 16.8. The van der Waals surface area contributed by atoms with Gasteiger partial charge in [-0.05, 0) is 38.2 Å². The van der Waals surface area contributed by atoms with Crippen LogP contribution in [-0.4, -0.2) is 26.8 Å². The summed E-state index contributed by atoms with van der Waals surface area (Å²) in [5.74, 6) is 0.830. The van der Waals surface area contributed by atoms with Crippen molar-refractivity contribution in [1.29, 1.82) is 0 Å². The Morgan fingerprint density at radius 2 is 2.30 bits per heavy atom. The molecule has 2 atom stereocenters. The molecule has 3 rings (SSSR count). The van der Waals surface area contributed by atoms with Gasteiger partial charge < -0.3 is 9.15 Å². The molecule has 23 heavy (non-hydrogen) atoms. The van der Waals surface area contributed by atoms with Crippen LogP contribution in [0.25, 0.3) is 0 Å². The van der Waals surface area contributed by atoms with Crippen molar-refractivity contribution in [2.75, 3.05) is 0 Å². The number of oxazole rings is 1. The van der Waals surface area contributed by atoms with Crippen molar-refractivity contribution in [3.8, 4) is 0 Å². The van der Waals surface area contributed by atoms with Gasteiger partial charge in [0, 0.05) is 18.8 Å². The largest absolute Gasteiger partial charge is 0.454 e. The quantitative estimate of drug-likeness (QED) is 0.791. The number of esters is 1. The standard InChI is InChI=1S/C17H23N3O3/c1-11(2)10-15-19-12(3)16(23-15)17(21)22-14-7-4-6-13(14)20-9-5-8-18-20/h5,8-9,11,13-14H,4,6-7,10H2,1-3H3/t13-,14-/m1/s1. The Bertz CT molecular complexity index is 661. The fourth-order valence-electron chi connectivity index (χ4n) is 3.09. The number of carbonyl (C=O) groups excluding carboxylic acids is 1. The summed E-state index contributed by atoms with van der Waals surface area (Å²) >= 11 is 0. The summed E-state index contributed by atoms with van der Waals surface area (Å²) in [6.45, 7) is 5.96. The van der Waals surface area contributed by atoms with E-state index in [-0.39, 0.29) is 17.9 Å². The molecule has 1 saturated carbocycles. The van der Waals surface area contributed by atoms with Crippen molar-refractivity contribution in [2.24, 2.45) is 5.92 Å². The lowest BCUT2D eigenvalue weighted by Gasteiger charge is -2.20. The van der Waals surface area contributed by atoms with Crippen LogP contribution < -0.4 is 0 Å². The Labute approximate surface area is 135 Å². The molecule has 2 aromatic heterocycles. The summed E-state index contributed by atoms with van der Waals surface area (Å²) in [6.07, 6.45) is 7.05. The zero-order chi connectivity index (χ0) is 16.4. The maximum absolute atomic E-state index is 12.5. The van der Waals surface area contributed by atoms with E-state index in [9.17, 15) is 4.79 Å². The zero-order valence-electron chi connectivity index (χ0n) is 13.9. The van der Waals surface area contributed by atoms with Crippen LogP contribution in [0.15, 0.2) is 22.9 Å². The number of nitrogens with zero attached hydrogens (tertiary/aromatic N) is 3. The van der Waals surface area contributed by atoms with Gasteiger partial charge in [0.05, 0.1) is 11.7 Å². The van der Waals surface area contributed by atoms with Crippen molar-refractivity contribution in [3.63, 3.8) is 0 Å². The molecule has 0 amide bonds. The van der Waals surface area contributed by atoms with Crippen LogP contribution in [0.1, 0.15) is 61.3 Å². The first-order chi connectivity index (χ1) is 11.0. The van der Waals surface area contributed by atoms with Crippen molar-refractivity contribution >= 4 is 5.97 Å². The third kappa shape index (κ3) is 3.46. The number of ether oxygens (including phenoxy) is 1. The van der Waals surface area contributed by atoms with Crippen molar-refractivity contribution in [1.82, 2.24) is 14.8 Å². The smallest absolute Gasteiger partial charge is 0.376 e. The lowest BCUT2D eigenvalue weighted by Crippen LogP contribution is -2.25. The molecule has 2 heterocycles. The Kier molecular flexibility index (Phi) is 4.50. The summed E-state index contributed by atoms with van der Waals surface area (Å²) in [5.41, 5.74) is 0.597. The minimum atomic E-state index is -0.422. The fraction of sp³-hybridized carbons (Fsp3) is 0.588. The molecule has 0 aromatic carbocycles. The number of aromatic nitrogens is 3. The van der Waals surface area contributed by atoms with Crippen molar-refractivity contribution in [3.05, 3.63) is 35.8 Å². The Hall–Kier alpha value is -2.11. The minimum Gasteiger partial charge on any atom is -0.454 e. The summed E-state index contributed by atoms with van der Waals surface area (Å²) in [5, 5.41) is 4.27. The van der Waals surface area contributed by atoms with Crippen LogP contribution in [-0.2, 0) is 11.2 Å². The highest BCUT2D eigenvalue weighted by Crippen LogP contribution is 2.32. The van der Waals surface area contributed by atoms with E-state index in [1.165, 1.54) is 0 Å². The minimum absolute atomic E-state index is 0.104. The van der Waals surface area contributed by atoms with E-state index < -0.39 is 5.97 Å². The molecule has 0 bridgehead atoms. The maximum atomic E-state index is 12.5. The van der Waals surface area contributed by atoms with E-state index in [2.05, 4.69) is 23.9 Å². The second-order valence-electron chi connectivity index (χ2n) is 6.55. The van der Waals surface area contributed by atoms with Gasteiger partial charge in [0.1, 0.15) is 6.10 Å². The van der Waals surface area contributed by atoms with E-state index >= 15 is 0 Å². The SMILES string of the molecule is Cc1nc(CC(C)C)oc1C(=O)O[C@@H]1CCC[C@H]1n1cccn1. The van der Waals surface area contributed by atoms with Crippen molar-refractivity contribution < 1.29 is 13.9 Å². The third-order valence-electron chi connectivity index (χ3n) is 4.15. The molecule has 0 spiro atoms. The second kappa shape index (κ2) is 6.56. The van der Waals surface area contributed by atoms with Crippen LogP contribution >= 0.6 is 0 Å². The molecule has 1 fully saturated rings. The Morgan fingerprint density at radius 3 is 3.00 bits per heavy atom. The molecule has 1 aliphatic carbocycles. The van der Waals surface area contributed by atoms with Crippen molar-refractivity contribution in [2.45, 2.75) is 58.6 Å². The molecule has 6 nitrogen and oxygen atoms in total. The molecular formula is C17H23N3O3. The van der Waals surface area contributed by atoms with Gasteiger partial charge in [0.2, 0.25) is 5.76 Å². The number of hydrogen-bond acceptors (Lipinski definition) is 5. The molecule has 0 radical (unpaired) electrons. The van der Waals surface area contributed by atoms with Gasteiger partial charge in [0.15, 0.2) is 5.89 Å². The average molecular weight is 317 g/mol. The van der Waals surface area contributed by atoms with Gasteiger partial charge in [-0.25, -0.2) is 9.78 Å². The number of carbonyl (C=O) groups is 1. The fourth-order valence-corrected chi connectivity index (χ4v) is 3.09. The van der Waals surface area contributed by atoms with Gasteiger partial charge >= 0.3 is 5.97 Å². The summed E-state index contributed by atoms with van der Waals surface area (Å²) in [6, 6.07) is 1.99. The number of aryl methyl sites for hydroxylation is 1. The highest BCUT2D eigenvalue weighted by atomic mass is 16.6. The predicted molar refractivity (Wildman–Crippen MR) is 84.1 cm³/mol. The third-order valence-corrected chi connectivity index (χ3v) is 4.15. The average Bonchev–Trinajstić information content (AvgIpc) is 3.18. The van der Waals surface area contributed by atoms with Gasteiger partial charge in [-0.3, -0.25) is 4.68 Å². The number of rotatable bonds is 5. The first-order valence-electron chi connectivity index (χ1n) is 8.21. The zero-order valence-corrected chi connectivity index (χ0v) is 13.9. The monoisotopic (exact) mass is 317 g/mol.